The van der Waals surface area contributed by atoms with E-state index in [1.807, 2.05) is 13.8 Å². The van der Waals surface area contributed by atoms with Gasteiger partial charge in [-0.3, -0.25) is 0 Å². The van der Waals surface area contributed by atoms with Gasteiger partial charge in [-0.2, -0.15) is 0 Å². The summed E-state index contributed by atoms with van der Waals surface area (Å²) in [5.41, 5.74) is -3.00. The van der Waals surface area contributed by atoms with E-state index in [9.17, 15) is 40.9 Å². The zero-order valence-electron chi connectivity index (χ0n) is 27.0. The molecule has 4 saturated carbocycles. The molecule has 18 unspecified atom stereocenters. The van der Waals surface area contributed by atoms with E-state index < -0.39 is 83.2 Å². The van der Waals surface area contributed by atoms with Crippen molar-refractivity contribution in [2.45, 2.75) is 140 Å². The van der Waals surface area contributed by atoms with Gasteiger partial charge in [0.1, 0.15) is 30.0 Å². The summed E-state index contributed by atoms with van der Waals surface area (Å²) in [7, 11) is 1.42. The molecule has 11 heteroatoms. The Kier molecular flexibility index (Phi) is 10.2. The van der Waals surface area contributed by atoms with Crippen LogP contribution in [0, 0.1) is 46.3 Å². The van der Waals surface area contributed by atoms with Gasteiger partial charge < -0.3 is 55.1 Å². The molecule has 1 saturated heterocycles. The highest BCUT2D eigenvalue weighted by Crippen LogP contribution is 2.70. The predicted octanol–water partition coefficient (Wildman–Crippen LogP) is 0.557. The maximum atomic E-state index is 12.7. The molecule has 0 amide bonds. The van der Waals surface area contributed by atoms with E-state index in [2.05, 4.69) is 13.8 Å². The van der Waals surface area contributed by atoms with Crippen molar-refractivity contribution in [1.29, 1.82) is 0 Å². The minimum atomic E-state index is -1.79. The summed E-state index contributed by atoms with van der Waals surface area (Å²) in [6, 6.07) is 0. The summed E-state index contributed by atoms with van der Waals surface area (Å²) < 4.78 is 17.3. The first-order valence-corrected chi connectivity index (χ1v) is 16.9. The van der Waals surface area contributed by atoms with Gasteiger partial charge in [0.15, 0.2) is 6.29 Å². The zero-order chi connectivity index (χ0) is 32.4. The van der Waals surface area contributed by atoms with Gasteiger partial charge in [0.05, 0.1) is 31.0 Å². The topological polar surface area (TPSA) is 190 Å². The Bertz CT molecular complexity index is 985. The lowest BCUT2D eigenvalue weighted by atomic mass is 9.41. The molecule has 0 aromatic carbocycles. The Morgan fingerprint density at radius 1 is 0.886 bits per heavy atom. The molecule has 5 fully saturated rings. The van der Waals surface area contributed by atoms with Crippen molar-refractivity contribution in [2.24, 2.45) is 46.3 Å². The number of aliphatic hydroxyl groups is 8. The van der Waals surface area contributed by atoms with Gasteiger partial charge in [-0.25, -0.2) is 0 Å². The van der Waals surface area contributed by atoms with E-state index in [0.717, 1.165) is 19.3 Å². The van der Waals surface area contributed by atoms with Crippen LogP contribution in [0.2, 0.25) is 0 Å². The zero-order valence-corrected chi connectivity index (χ0v) is 27.0. The van der Waals surface area contributed by atoms with Crippen LogP contribution in [0.5, 0.6) is 0 Å². The Morgan fingerprint density at radius 3 is 2.23 bits per heavy atom. The first-order valence-electron chi connectivity index (χ1n) is 16.9. The SMILES string of the molecule is COC1C(OC2CCC3(C)C(C2)C(O)C(O)C2(O)C3CCC3(C)C(C(C)CCCC(C)CO)C(O)C(O)C32)OCC(O)C1O. The molecule has 0 aromatic heterocycles. The molecule has 44 heavy (non-hydrogen) atoms. The smallest absolute Gasteiger partial charge is 0.186 e. The van der Waals surface area contributed by atoms with Crippen LogP contribution in [0.4, 0.5) is 0 Å². The Labute approximate surface area is 261 Å². The molecule has 11 nitrogen and oxygen atoms in total. The molecular formula is C33H58O11. The van der Waals surface area contributed by atoms with E-state index in [1.165, 1.54) is 7.11 Å². The minimum absolute atomic E-state index is 0.0554. The van der Waals surface area contributed by atoms with Gasteiger partial charge in [-0.15, -0.1) is 0 Å². The fourth-order valence-corrected chi connectivity index (χ4v) is 10.9. The second kappa shape index (κ2) is 12.9. The van der Waals surface area contributed by atoms with Crippen molar-refractivity contribution in [3.63, 3.8) is 0 Å². The maximum Gasteiger partial charge on any atom is 0.186 e. The predicted molar refractivity (Wildman–Crippen MR) is 159 cm³/mol. The van der Waals surface area contributed by atoms with Gasteiger partial charge in [-0.05, 0) is 78.9 Å². The van der Waals surface area contributed by atoms with Gasteiger partial charge in [0.2, 0.25) is 0 Å². The average Bonchev–Trinajstić information content (AvgIpc) is 3.19. The summed E-state index contributed by atoms with van der Waals surface area (Å²) in [4.78, 5) is 0. The highest BCUT2D eigenvalue weighted by atomic mass is 16.7. The number of rotatable bonds is 9. The molecule has 4 aliphatic carbocycles. The molecular weight excluding hydrogens is 572 g/mol. The Balaban J connectivity index is 1.36. The van der Waals surface area contributed by atoms with E-state index in [0.29, 0.717) is 32.1 Å². The first-order chi connectivity index (χ1) is 20.7. The third-order valence-corrected chi connectivity index (χ3v) is 13.2. The average molecular weight is 631 g/mol. The molecule has 0 spiro atoms. The second-order valence-corrected chi connectivity index (χ2v) is 15.7. The largest absolute Gasteiger partial charge is 0.396 e. The lowest BCUT2D eigenvalue weighted by Crippen LogP contribution is -2.75. The van der Waals surface area contributed by atoms with E-state index in [1.54, 1.807) is 0 Å². The third-order valence-electron chi connectivity index (χ3n) is 13.2. The Morgan fingerprint density at radius 2 is 1.57 bits per heavy atom. The molecule has 8 N–H and O–H groups in total. The molecule has 1 heterocycles. The normalized spacial score (nSPS) is 53.8. The van der Waals surface area contributed by atoms with Crippen molar-refractivity contribution in [1.82, 2.24) is 0 Å². The summed E-state index contributed by atoms with van der Waals surface area (Å²) in [6.45, 7) is 8.23. The number of hydrogen-bond donors (Lipinski definition) is 8. The van der Waals surface area contributed by atoms with Crippen LogP contribution in [-0.4, -0.2) is 122 Å². The van der Waals surface area contributed by atoms with E-state index >= 15 is 0 Å². The number of fused-ring (bicyclic) bond motifs is 5. The molecule has 5 rings (SSSR count). The fraction of sp³-hybridized carbons (Fsp3) is 1.00. The number of ether oxygens (including phenoxy) is 3. The molecule has 0 aromatic rings. The first kappa shape index (κ1) is 34.9. The van der Waals surface area contributed by atoms with Gasteiger partial charge in [0, 0.05) is 19.6 Å². The molecule has 0 bridgehead atoms. The minimum Gasteiger partial charge on any atom is -0.396 e. The molecule has 5 aliphatic rings. The van der Waals surface area contributed by atoms with Crippen molar-refractivity contribution in [3.05, 3.63) is 0 Å². The van der Waals surface area contributed by atoms with Crippen LogP contribution in [0.1, 0.15) is 79.1 Å². The summed E-state index contributed by atoms with van der Waals surface area (Å²) in [5.74, 6) is -1.65. The lowest BCUT2D eigenvalue weighted by Gasteiger charge is -2.67. The van der Waals surface area contributed by atoms with Crippen LogP contribution in [-0.2, 0) is 14.2 Å². The monoisotopic (exact) mass is 630 g/mol. The highest BCUT2D eigenvalue weighted by molar-refractivity contribution is 5.24. The van der Waals surface area contributed by atoms with Crippen LogP contribution in [0.15, 0.2) is 0 Å². The van der Waals surface area contributed by atoms with Crippen molar-refractivity contribution >= 4 is 0 Å². The van der Waals surface area contributed by atoms with Gasteiger partial charge in [0.25, 0.3) is 0 Å². The van der Waals surface area contributed by atoms with Crippen LogP contribution < -0.4 is 0 Å². The summed E-state index contributed by atoms with van der Waals surface area (Å²) >= 11 is 0. The standard InChI is InChI=1S/C33H58O11/c1-16(14-34)7-6-8-17(2)22-25(38)26(39)28-32(22,4)12-10-21-31(3)11-9-18(13-19(31)23(36)29(40)33(21,28)41)44-30-27(42-5)24(37)20(35)15-43-30/h16-30,34-41H,6-15H2,1-5H3. The van der Waals surface area contributed by atoms with Crippen molar-refractivity contribution < 1.29 is 55.1 Å². The highest BCUT2D eigenvalue weighted by Gasteiger charge is 2.75. The molecule has 18 atom stereocenters. The van der Waals surface area contributed by atoms with E-state index in [4.69, 9.17) is 14.2 Å². The number of hydrogen-bond acceptors (Lipinski definition) is 11. The number of methoxy groups -OCH3 is 1. The Hall–Kier alpha value is -0.440. The van der Waals surface area contributed by atoms with E-state index in [-0.39, 0.29) is 37.1 Å². The van der Waals surface area contributed by atoms with Crippen LogP contribution in [0.25, 0.3) is 0 Å². The number of aliphatic hydroxyl groups excluding tert-OH is 7. The quantitative estimate of drug-likeness (QED) is 0.166. The van der Waals surface area contributed by atoms with Crippen LogP contribution in [0.3, 0.4) is 0 Å². The molecule has 1 aliphatic heterocycles. The van der Waals surface area contributed by atoms with Crippen molar-refractivity contribution in [2.75, 3.05) is 20.3 Å². The fourth-order valence-electron chi connectivity index (χ4n) is 10.9. The van der Waals surface area contributed by atoms with Crippen LogP contribution >= 0.6 is 0 Å². The third kappa shape index (κ3) is 5.40. The second-order valence-electron chi connectivity index (χ2n) is 15.7. The summed E-state index contributed by atoms with van der Waals surface area (Å²) in [6.07, 6.45) is -4.05. The molecule has 0 radical (unpaired) electrons. The lowest BCUT2D eigenvalue weighted by molar-refractivity contribution is -0.322. The maximum absolute atomic E-state index is 12.7. The summed E-state index contributed by atoms with van der Waals surface area (Å²) in [5, 5.41) is 89.0. The van der Waals surface area contributed by atoms with Crippen molar-refractivity contribution in [3.8, 4) is 0 Å². The molecule has 256 valence electrons. The van der Waals surface area contributed by atoms with Gasteiger partial charge in [-0.1, -0.05) is 40.5 Å². The van der Waals surface area contributed by atoms with Gasteiger partial charge >= 0.3 is 0 Å².